The van der Waals surface area contributed by atoms with E-state index in [4.69, 9.17) is 4.98 Å². The average molecular weight is 278 g/mol. The number of thiazole rings is 1. The molecule has 0 aromatic carbocycles. The van der Waals surface area contributed by atoms with Crippen molar-refractivity contribution < 1.29 is 0 Å². The summed E-state index contributed by atoms with van der Waals surface area (Å²) >= 11 is 3.69. The van der Waals surface area contributed by atoms with Crippen molar-refractivity contribution >= 4 is 22.7 Å². The predicted octanol–water partition coefficient (Wildman–Crippen LogP) is 3.90. The number of aromatic nitrogens is 1. The van der Waals surface area contributed by atoms with Crippen LogP contribution in [0.2, 0.25) is 0 Å². The van der Waals surface area contributed by atoms with Crippen LogP contribution in [0, 0.1) is 0 Å². The predicted molar refractivity (Wildman–Crippen MR) is 79.6 cm³/mol. The van der Waals surface area contributed by atoms with Gasteiger partial charge in [-0.25, -0.2) is 4.98 Å². The van der Waals surface area contributed by atoms with E-state index in [0.717, 1.165) is 13.1 Å². The van der Waals surface area contributed by atoms with Crippen molar-refractivity contribution in [3.05, 3.63) is 28.1 Å². The van der Waals surface area contributed by atoms with E-state index in [1.165, 1.54) is 39.7 Å². The fourth-order valence-corrected chi connectivity index (χ4v) is 4.52. The normalized spacial score (nSPS) is 18.8. The molecule has 2 heterocycles. The molecule has 1 aliphatic carbocycles. The number of aryl methyl sites for hydroxylation is 1. The Bertz CT molecular complexity index is 502. The molecule has 1 unspecified atom stereocenters. The van der Waals surface area contributed by atoms with Gasteiger partial charge in [-0.1, -0.05) is 13.0 Å². The largest absolute Gasteiger partial charge is 0.316 e. The molecule has 3 rings (SSSR count). The van der Waals surface area contributed by atoms with Crippen LogP contribution in [-0.2, 0) is 6.42 Å². The van der Waals surface area contributed by atoms with Crippen molar-refractivity contribution in [2.75, 3.05) is 13.1 Å². The molecule has 1 N–H and O–H groups in total. The number of hydrogen-bond acceptors (Lipinski definition) is 4. The molecular weight excluding hydrogens is 260 g/mol. The molecule has 0 spiro atoms. The topological polar surface area (TPSA) is 24.9 Å². The summed E-state index contributed by atoms with van der Waals surface area (Å²) in [5, 5.41) is 6.82. The third kappa shape index (κ3) is 2.37. The van der Waals surface area contributed by atoms with E-state index in [-0.39, 0.29) is 0 Å². The first kappa shape index (κ1) is 12.3. The van der Waals surface area contributed by atoms with Gasteiger partial charge in [0.25, 0.3) is 0 Å². The number of rotatable bonds is 4. The molecule has 0 amide bonds. The highest BCUT2D eigenvalue weighted by Gasteiger charge is 2.24. The molecule has 18 heavy (non-hydrogen) atoms. The minimum Gasteiger partial charge on any atom is -0.316 e. The van der Waals surface area contributed by atoms with Crippen LogP contribution >= 0.6 is 22.7 Å². The molecule has 0 saturated heterocycles. The maximum atomic E-state index is 4.92. The van der Waals surface area contributed by atoms with E-state index in [1.807, 2.05) is 11.3 Å². The molecule has 0 radical (unpaired) electrons. The van der Waals surface area contributed by atoms with Crippen molar-refractivity contribution in [3.8, 4) is 9.88 Å². The number of nitrogens with zero attached hydrogens (tertiary/aromatic N) is 1. The molecule has 2 nitrogen and oxygen atoms in total. The van der Waals surface area contributed by atoms with Crippen LogP contribution in [0.5, 0.6) is 0 Å². The van der Waals surface area contributed by atoms with Gasteiger partial charge in [0, 0.05) is 17.3 Å². The SMILES string of the molecule is CCNCC1CCCc2sc(-c3cccs3)nc21. The lowest BCUT2D eigenvalue weighted by Crippen LogP contribution is -2.23. The minimum atomic E-state index is 0.624. The third-order valence-corrected chi connectivity index (χ3v) is 5.61. The second kappa shape index (κ2) is 5.51. The van der Waals surface area contributed by atoms with E-state index in [0.29, 0.717) is 5.92 Å². The lowest BCUT2D eigenvalue weighted by atomic mass is 9.91. The summed E-state index contributed by atoms with van der Waals surface area (Å²) in [4.78, 5) is 7.75. The second-order valence-corrected chi connectivity index (χ2v) is 6.73. The first-order valence-electron chi connectivity index (χ1n) is 6.62. The van der Waals surface area contributed by atoms with Crippen LogP contribution in [0.25, 0.3) is 9.88 Å². The summed E-state index contributed by atoms with van der Waals surface area (Å²) < 4.78 is 0. The second-order valence-electron chi connectivity index (χ2n) is 4.70. The van der Waals surface area contributed by atoms with Gasteiger partial charge in [0.15, 0.2) is 0 Å². The molecule has 0 aliphatic heterocycles. The van der Waals surface area contributed by atoms with Crippen LogP contribution in [0.3, 0.4) is 0 Å². The van der Waals surface area contributed by atoms with E-state index >= 15 is 0 Å². The number of likely N-dealkylation sites (N-methyl/N-ethyl adjacent to an activating group) is 1. The van der Waals surface area contributed by atoms with E-state index in [2.05, 4.69) is 29.8 Å². The van der Waals surface area contributed by atoms with Gasteiger partial charge in [0.1, 0.15) is 5.01 Å². The van der Waals surface area contributed by atoms with Gasteiger partial charge in [-0.15, -0.1) is 22.7 Å². The summed E-state index contributed by atoms with van der Waals surface area (Å²) in [6.07, 6.45) is 3.82. The zero-order valence-electron chi connectivity index (χ0n) is 10.6. The van der Waals surface area contributed by atoms with Crippen LogP contribution in [0.1, 0.15) is 36.3 Å². The van der Waals surface area contributed by atoms with Crippen LogP contribution < -0.4 is 5.32 Å². The van der Waals surface area contributed by atoms with Gasteiger partial charge < -0.3 is 5.32 Å². The van der Waals surface area contributed by atoms with Gasteiger partial charge in [-0.2, -0.15) is 0 Å². The van der Waals surface area contributed by atoms with Gasteiger partial charge >= 0.3 is 0 Å². The highest BCUT2D eigenvalue weighted by molar-refractivity contribution is 7.21. The Kier molecular flexibility index (Phi) is 3.77. The van der Waals surface area contributed by atoms with Crippen LogP contribution in [0.15, 0.2) is 17.5 Å². The van der Waals surface area contributed by atoms with Crippen molar-refractivity contribution in [1.82, 2.24) is 10.3 Å². The average Bonchev–Trinajstić information content (AvgIpc) is 3.03. The fraction of sp³-hybridized carbons (Fsp3) is 0.500. The maximum absolute atomic E-state index is 4.92. The Hall–Kier alpha value is -0.710. The van der Waals surface area contributed by atoms with Gasteiger partial charge in [-0.3, -0.25) is 0 Å². The number of nitrogens with one attached hydrogen (secondary N) is 1. The Morgan fingerprint density at radius 2 is 2.44 bits per heavy atom. The van der Waals surface area contributed by atoms with Crippen LogP contribution in [0.4, 0.5) is 0 Å². The smallest absolute Gasteiger partial charge is 0.133 e. The lowest BCUT2D eigenvalue weighted by Gasteiger charge is -2.21. The standard InChI is InChI=1S/C14H18N2S2/c1-2-15-9-10-5-3-6-11-13(10)16-14(18-11)12-7-4-8-17-12/h4,7-8,10,15H,2-3,5-6,9H2,1H3. The third-order valence-electron chi connectivity index (χ3n) is 3.44. The summed E-state index contributed by atoms with van der Waals surface area (Å²) in [6.45, 7) is 4.30. The van der Waals surface area contributed by atoms with Crippen LogP contribution in [-0.4, -0.2) is 18.1 Å². The number of fused-ring (bicyclic) bond motifs is 1. The highest BCUT2D eigenvalue weighted by atomic mass is 32.1. The number of thiophene rings is 1. The molecule has 0 bridgehead atoms. The summed E-state index contributed by atoms with van der Waals surface area (Å²) in [5.74, 6) is 0.624. The molecule has 2 aromatic rings. The Balaban J connectivity index is 1.88. The van der Waals surface area contributed by atoms with Crippen molar-refractivity contribution in [2.45, 2.75) is 32.1 Å². The summed E-state index contributed by atoms with van der Waals surface area (Å²) in [6, 6.07) is 4.28. The number of hydrogen-bond donors (Lipinski definition) is 1. The monoisotopic (exact) mass is 278 g/mol. The van der Waals surface area contributed by atoms with E-state index in [1.54, 1.807) is 11.3 Å². The van der Waals surface area contributed by atoms with Crippen molar-refractivity contribution in [2.24, 2.45) is 0 Å². The highest BCUT2D eigenvalue weighted by Crippen LogP contribution is 2.39. The Labute approximate surface area is 116 Å². The molecular formula is C14H18N2S2. The molecule has 4 heteroatoms. The van der Waals surface area contributed by atoms with Gasteiger partial charge in [0.2, 0.25) is 0 Å². The van der Waals surface area contributed by atoms with Crippen molar-refractivity contribution in [3.63, 3.8) is 0 Å². The Morgan fingerprint density at radius 1 is 1.50 bits per heavy atom. The van der Waals surface area contributed by atoms with E-state index in [9.17, 15) is 0 Å². The van der Waals surface area contributed by atoms with Crippen molar-refractivity contribution in [1.29, 1.82) is 0 Å². The first-order chi connectivity index (χ1) is 8.88. The van der Waals surface area contributed by atoms with E-state index < -0.39 is 0 Å². The first-order valence-corrected chi connectivity index (χ1v) is 8.32. The minimum absolute atomic E-state index is 0.624. The zero-order valence-corrected chi connectivity index (χ0v) is 12.2. The quantitative estimate of drug-likeness (QED) is 0.917. The Morgan fingerprint density at radius 3 is 3.22 bits per heavy atom. The molecule has 0 saturated carbocycles. The maximum Gasteiger partial charge on any atom is 0.133 e. The fourth-order valence-electron chi connectivity index (χ4n) is 2.53. The molecule has 0 fully saturated rings. The molecule has 1 atom stereocenters. The molecule has 2 aromatic heterocycles. The summed E-state index contributed by atoms with van der Waals surface area (Å²) in [7, 11) is 0. The lowest BCUT2D eigenvalue weighted by molar-refractivity contribution is 0.509. The zero-order chi connectivity index (χ0) is 12.4. The molecule has 1 aliphatic rings. The molecule has 96 valence electrons. The van der Waals surface area contributed by atoms with Gasteiger partial charge in [0.05, 0.1) is 10.6 Å². The van der Waals surface area contributed by atoms with Gasteiger partial charge in [-0.05, 0) is 37.3 Å². The summed E-state index contributed by atoms with van der Waals surface area (Å²) in [5.41, 5.74) is 1.37.